The standard InChI is InChI=1S/C15H24N2O3S2/c1-15(2,3)14-17-12(9-21-14)8-13(18)16-6-4-11-5-7-22(19,20)10-11/h9,11H,4-8,10H2,1-3H3,(H,16,18). The highest BCUT2D eigenvalue weighted by molar-refractivity contribution is 7.91. The number of aromatic nitrogens is 1. The molecule has 1 amide bonds. The Morgan fingerprint density at radius 1 is 1.45 bits per heavy atom. The van der Waals surface area contributed by atoms with Crippen molar-refractivity contribution in [1.82, 2.24) is 10.3 Å². The normalized spacial score (nSPS) is 21.0. The van der Waals surface area contributed by atoms with Crippen LogP contribution in [0.4, 0.5) is 0 Å². The number of nitrogens with zero attached hydrogens (tertiary/aromatic N) is 1. The Morgan fingerprint density at radius 3 is 2.73 bits per heavy atom. The second kappa shape index (κ2) is 6.66. The van der Waals surface area contributed by atoms with Gasteiger partial charge < -0.3 is 5.32 Å². The second-order valence-corrected chi connectivity index (χ2v) is 10.1. The molecule has 1 N–H and O–H groups in total. The van der Waals surface area contributed by atoms with Crippen LogP contribution < -0.4 is 5.32 Å². The van der Waals surface area contributed by atoms with Crippen molar-refractivity contribution in [1.29, 1.82) is 0 Å². The molecule has 124 valence electrons. The summed E-state index contributed by atoms with van der Waals surface area (Å²) in [4.78, 5) is 16.4. The zero-order valence-electron chi connectivity index (χ0n) is 13.4. The van der Waals surface area contributed by atoms with E-state index in [1.165, 1.54) is 0 Å². The highest BCUT2D eigenvalue weighted by Crippen LogP contribution is 2.25. The van der Waals surface area contributed by atoms with Crippen molar-refractivity contribution in [2.75, 3.05) is 18.1 Å². The van der Waals surface area contributed by atoms with Crippen molar-refractivity contribution >= 4 is 27.1 Å². The van der Waals surface area contributed by atoms with Crippen LogP contribution in [0.1, 0.15) is 44.3 Å². The topological polar surface area (TPSA) is 76.1 Å². The predicted octanol–water partition coefficient (Wildman–Crippen LogP) is 1.92. The fourth-order valence-electron chi connectivity index (χ4n) is 2.48. The van der Waals surface area contributed by atoms with Gasteiger partial charge in [0.05, 0.1) is 28.6 Å². The molecule has 0 bridgehead atoms. The first-order valence-corrected chi connectivity index (χ1v) is 10.3. The number of hydrogen-bond acceptors (Lipinski definition) is 5. The van der Waals surface area contributed by atoms with Crippen LogP contribution >= 0.6 is 11.3 Å². The number of carbonyl (C=O) groups is 1. The number of hydrogen-bond donors (Lipinski definition) is 1. The molecule has 0 radical (unpaired) electrons. The molecule has 7 heteroatoms. The van der Waals surface area contributed by atoms with Gasteiger partial charge in [0.2, 0.25) is 5.91 Å². The highest BCUT2D eigenvalue weighted by atomic mass is 32.2. The van der Waals surface area contributed by atoms with Crippen LogP contribution in [-0.4, -0.2) is 37.4 Å². The van der Waals surface area contributed by atoms with Crippen molar-refractivity contribution in [3.8, 4) is 0 Å². The Balaban J connectivity index is 1.73. The van der Waals surface area contributed by atoms with E-state index < -0.39 is 9.84 Å². The average molecular weight is 345 g/mol. The van der Waals surface area contributed by atoms with Gasteiger partial charge in [0.25, 0.3) is 0 Å². The number of amides is 1. The number of rotatable bonds is 5. The summed E-state index contributed by atoms with van der Waals surface area (Å²) < 4.78 is 22.7. The summed E-state index contributed by atoms with van der Waals surface area (Å²) in [5.74, 6) is 0.702. The maximum absolute atomic E-state index is 11.9. The summed E-state index contributed by atoms with van der Waals surface area (Å²) in [6.45, 7) is 6.84. The van der Waals surface area contributed by atoms with Crippen LogP contribution in [0.15, 0.2) is 5.38 Å². The van der Waals surface area contributed by atoms with E-state index in [0.717, 1.165) is 23.5 Å². The van der Waals surface area contributed by atoms with Gasteiger partial charge in [0.1, 0.15) is 0 Å². The van der Waals surface area contributed by atoms with Gasteiger partial charge in [0.15, 0.2) is 9.84 Å². The Kier molecular flexibility index (Phi) is 5.27. The first-order valence-electron chi connectivity index (χ1n) is 7.58. The molecule has 1 aromatic heterocycles. The van der Waals surface area contributed by atoms with E-state index in [2.05, 4.69) is 31.1 Å². The molecule has 0 aromatic carbocycles. The summed E-state index contributed by atoms with van der Waals surface area (Å²) in [6.07, 6.45) is 1.74. The molecule has 0 aliphatic carbocycles. The summed E-state index contributed by atoms with van der Waals surface area (Å²) in [7, 11) is -2.83. The maximum Gasteiger partial charge on any atom is 0.226 e. The predicted molar refractivity (Wildman–Crippen MR) is 88.9 cm³/mol. The fraction of sp³-hybridized carbons (Fsp3) is 0.733. The molecule has 1 aliphatic rings. The van der Waals surface area contributed by atoms with Crippen molar-refractivity contribution in [2.45, 2.75) is 45.4 Å². The maximum atomic E-state index is 11.9. The molecule has 1 fully saturated rings. The molecule has 2 heterocycles. The first kappa shape index (κ1) is 17.4. The molecule has 1 aromatic rings. The van der Waals surface area contributed by atoms with Gasteiger partial charge in [-0.3, -0.25) is 4.79 Å². The van der Waals surface area contributed by atoms with Gasteiger partial charge in [0, 0.05) is 17.3 Å². The summed E-state index contributed by atoms with van der Waals surface area (Å²) in [5.41, 5.74) is 0.809. The third-order valence-corrected chi connectivity index (χ3v) is 6.89. The van der Waals surface area contributed by atoms with Crippen LogP contribution in [0.25, 0.3) is 0 Å². The molecule has 5 nitrogen and oxygen atoms in total. The fourth-order valence-corrected chi connectivity index (χ4v) is 5.29. The molecule has 1 unspecified atom stereocenters. The van der Waals surface area contributed by atoms with E-state index in [1.807, 2.05) is 5.38 Å². The van der Waals surface area contributed by atoms with E-state index >= 15 is 0 Å². The Morgan fingerprint density at radius 2 is 2.18 bits per heavy atom. The molecule has 1 aliphatic heterocycles. The Bertz CT molecular complexity index is 629. The smallest absolute Gasteiger partial charge is 0.226 e. The SMILES string of the molecule is CC(C)(C)c1nc(CC(=O)NCCC2CCS(=O)(=O)C2)cs1. The Hall–Kier alpha value is -0.950. The van der Waals surface area contributed by atoms with E-state index in [1.54, 1.807) is 11.3 Å². The van der Waals surface area contributed by atoms with Crippen LogP contribution in [-0.2, 0) is 26.5 Å². The van der Waals surface area contributed by atoms with E-state index in [0.29, 0.717) is 12.3 Å². The monoisotopic (exact) mass is 344 g/mol. The van der Waals surface area contributed by atoms with Gasteiger partial charge in [-0.2, -0.15) is 0 Å². The van der Waals surface area contributed by atoms with Crippen LogP contribution in [0.2, 0.25) is 0 Å². The van der Waals surface area contributed by atoms with Crippen LogP contribution in [0.5, 0.6) is 0 Å². The highest BCUT2D eigenvalue weighted by Gasteiger charge is 2.27. The lowest BCUT2D eigenvalue weighted by atomic mass is 9.98. The lowest BCUT2D eigenvalue weighted by molar-refractivity contribution is -0.120. The minimum absolute atomic E-state index is 0.00730. The molecule has 22 heavy (non-hydrogen) atoms. The molecular formula is C15H24N2O3S2. The quantitative estimate of drug-likeness (QED) is 0.885. The number of carbonyl (C=O) groups excluding carboxylic acids is 1. The van der Waals surface area contributed by atoms with Crippen LogP contribution in [0, 0.1) is 5.92 Å². The zero-order chi connectivity index (χ0) is 16.4. The average Bonchev–Trinajstić information content (AvgIpc) is 2.95. The zero-order valence-corrected chi connectivity index (χ0v) is 15.0. The van der Waals surface area contributed by atoms with E-state index in [9.17, 15) is 13.2 Å². The van der Waals surface area contributed by atoms with Crippen molar-refractivity contribution in [3.63, 3.8) is 0 Å². The second-order valence-electron chi connectivity index (χ2n) is 6.98. The number of nitrogens with one attached hydrogen (secondary N) is 1. The van der Waals surface area contributed by atoms with Gasteiger partial charge >= 0.3 is 0 Å². The minimum atomic E-state index is -2.83. The third kappa shape index (κ3) is 5.05. The molecule has 1 saturated heterocycles. The summed E-state index contributed by atoms with van der Waals surface area (Å²) in [5, 5.41) is 5.83. The minimum Gasteiger partial charge on any atom is -0.356 e. The molecule has 0 spiro atoms. The Labute approximate surface area is 136 Å². The van der Waals surface area contributed by atoms with Crippen molar-refractivity contribution < 1.29 is 13.2 Å². The van der Waals surface area contributed by atoms with E-state index in [-0.39, 0.29) is 29.4 Å². The van der Waals surface area contributed by atoms with Gasteiger partial charge in [-0.05, 0) is 18.8 Å². The molecule has 1 atom stereocenters. The third-order valence-electron chi connectivity index (χ3n) is 3.74. The first-order chi connectivity index (χ1) is 10.2. The number of thiazole rings is 1. The largest absolute Gasteiger partial charge is 0.356 e. The van der Waals surface area contributed by atoms with Crippen LogP contribution in [0.3, 0.4) is 0 Å². The van der Waals surface area contributed by atoms with Gasteiger partial charge in [-0.15, -0.1) is 11.3 Å². The molecular weight excluding hydrogens is 320 g/mol. The number of sulfone groups is 1. The lowest BCUT2D eigenvalue weighted by Gasteiger charge is -2.13. The van der Waals surface area contributed by atoms with E-state index in [4.69, 9.17) is 0 Å². The summed E-state index contributed by atoms with van der Waals surface area (Å²) in [6, 6.07) is 0. The van der Waals surface area contributed by atoms with Gasteiger partial charge in [-0.1, -0.05) is 20.8 Å². The van der Waals surface area contributed by atoms with Crippen molar-refractivity contribution in [3.05, 3.63) is 16.1 Å². The molecule has 2 rings (SSSR count). The lowest BCUT2D eigenvalue weighted by Crippen LogP contribution is -2.27. The summed E-state index contributed by atoms with van der Waals surface area (Å²) >= 11 is 1.58. The molecule has 0 saturated carbocycles. The van der Waals surface area contributed by atoms with Gasteiger partial charge in [-0.25, -0.2) is 13.4 Å². The van der Waals surface area contributed by atoms with Crippen molar-refractivity contribution in [2.24, 2.45) is 5.92 Å².